The maximum absolute atomic E-state index is 12.3. The van der Waals surface area contributed by atoms with E-state index in [1.165, 1.54) is 6.07 Å². The summed E-state index contributed by atoms with van der Waals surface area (Å²) < 4.78 is 0. The van der Waals surface area contributed by atoms with Crippen molar-refractivity contribution in [2.45, 2.75) is 51.0 Å². The molecule has 3 heterocycles. The zero-order valence-electron chi connectivity index (χ0n) is 16.2. The lowest BCUT2D eigenvalue weighted by Crippen LogP contribution is -2.62. The van der Waals surface area contributed by atoms with Crippen LogP contribution >= 0.6 is 0 Å². The Morgan fingerprint density at radius 1 is 1.03 bits per heavy atom. The molecule has 1 aromatic rings. The summed E-state index contributed by atoms with van der Waals surface area (Å²) in [6.07, 6.45) is 4.69. The van der Waals surface area contributed by atoms with Gasteiger partial charge < -0.3 is 20.0 Å². The number of nitro benzene ring substituents is 1. The van der Waals surface area contributed by atoms with Crippen molar-refractivity contribution >= 4 is 29.0 Å². The number of carbonyl (C=O) groups is 2. The highest BCUT2D eigenvalue weighted by atomic mass is 16.6. The molecule has 0 spiro atoms. The van der Waals surface area contributed by atoms with Gasteiger partial charge in [0.15, 0.2) is 5.41 Å². The fraction of sp³-hybridized carbons (Fsp3) is 0.600. The van der Waals surface area contributed by atoms with E-state index in [0.717, 1.165) is 37.8 Å². The molecule has 3 aliphatic heterocycles. The van der Waals surface area contributed by atoms with E-state index in [4.69, 9.17) is 0 Å². The second kappa shape index (κ2) is 7.20. The molecule has 0 unspecified atom stereocenters. The lowest BCUT2D eigenvalue weighted by atomic mass is 9.68. The number of carboxylic acid groups (broad SMARTS) is 2. The summed E-state index contributed by atoms with van der Waals surface area (Å²) in [6, 6.07) is 2.50. The van der Waals surface area contributed by atoms with Crippen LogP contribution in [-0.4, -0.2) is 52.8 Å². The Balaban J connectivity index is 1.96. The molecule has 0 amide bonds. The molecule has 156 valence electrons. The number of aliphatic carboxylic acids is 2. The van der Waals surface area contributed by atoms with Gasteiger partial charge in [-0.15, -0.1) is 0 Å². The second-order valence-corrected chi connectivity index (χ2v) is 8.20. The van der Waals surface area contributed by atoms with Crippen molar-refractivity contribution in [1.29, 1.82) is 0 Å². The Bertz CT molecular complexity index is 850. The average molecular weight is 403 g/mol. The number of nitrogens with zero attached hydrogens (tertiary/aromatic N) is 3. The van der Waals surface area contributed by atoms with Gasteiger partial charge in [0.25, 0.3) is 5.69 Å². The predicted molar refractivity (Wildman–Crippen MR) is 106 cm³/mol. The van der Waals surface area contributed by atoms with Crippen LogP contribution in [0.25, 0.3) is 0 Å². The zero-order valence-corrected chi connectivity index (χ0v) is 16.2. The van der Waals surface area contributed by atoms with E-state index in [0.29, 0.717) is 37.3 Å². The molecule has 2 fully saturated rings. The van der Waals surface area contributed by atoms with E-state index in [2.05, 4.69) is 0 Å². The lowest BCUT2D eigenvalue weighted by Gasteiger charge is -2.50. The van der Waals surface area contributed by atoms with Crippen LogP contribution in [0.4, 0.5) is 17.1 Å². The van der Waals surface area contributed by atoms with Crippen molar-refractivity contribution in [1.82, 2.24) is 0 Å². The van der Waals surface area contributed by atoms with Gasteiger partial charge in [-0.2, -0.15) is 0 Å². The summed E-state index contributed by atoms with van der Waals surface area (Å²) in [4.78, 5) is 39.8. The first-order valence-corrected chi connectivity index (χ1v) is 10.2. The minimum atomic E-state index is -2.01. The summed E-state index contributed by atoms with van der Waals surface area (Å²) in [6.45, 7) is 1.85. The molecule has 0 aromatic heterocycles. The third-order valence-electron chi connectivity index (χ3n) is 6.71. The zero-order chi connectivity index (χ0) is 20.8. The van der Waals surface area contributed by atoms with Crippen LogP contribution in [-0.2, 0) is 16.0 Å². The monoisotopic (exact) mass is 403 g/mol. The summed E-state index contributed by atoms with van der Waals surface area (Å²) >= 11 is 0. The van der Waals surface area contributed by atoms with Crippen LogP contribution in [0.1, 0.15) is 44.1 Å². The van der Waals surface area contributed by atoms with Crippen LogP contribution in [0.15, 0.2) is 12.1 Å². The van der Waals surface area contributed by atoms with Crippen molar-refractivity contribution in [2.75, 3.05) is 29.4 Å². The lowest BCUT2D eigenvalue weighted by molar-refractivity contribution is -0.384. The van der Waals surface area contributed by atoms with E-state index in [1.807, 2.05) is 9.80 Å². The Morgan fingerprint density at radius 3 is 2.31 bits per heavy atom. The molecule has 9 heteroatoms. The first-order valence-electron chi connectivity index (χ1n) is 10.2. The third-order valence-corrected chi connectivity index (χ3v) is 6.71. The van der Waals surface area contributed by atoms with Gasteiger partial charge in [-0.1, -0.05) is 0 Å². The molecule has 3 aliphatic rings. The van der Waals surface area contributed by atoms with E-state index in [9.17, 15) is 29.9 Å². The highest BCUT2D eigenvalue weighted by Gasteiger charge is 2.59. The number of rotatable bonds is 4. The van der Waals surface area contributed by atoms with E-state index in [1.54, 1.807) is 6.07 Å². The van der Waals surface area contributed by atoms with Crippen molar-refractivity contribution < 1.29 is 24.7 Å². The van der Waals surface area contributed by atoms with Gasteiger partial charge in [0.05, 0.1) is 11.0 Å². The van der Waals surface area contributed by atoms with Crippen LogP contribution in [0.3, 0.4) is 0 Å². The van der Waals surface area contributed by atoms with Gasteiger partial charge in [-0.25, -0.2) is 0 Å². The SMILES string of the molecule is O=C(O)C1(C(=O)O)Cc2c(ccc([N+](=O)[O-])c2N2CCCCC2)N2CCCC[C@@H]21. The van der Waals surface area contributed by atoms with Crippen LogP contribution in [0.2, 0.25) is 0 Å². The van der Waals surface area contributed by atoms with E-state index < -0.39 is 28.3 Å². The summed E-state index contributed by atoms with van der Waals surface area (Å²) in [5.74, 6) is -2.74. The molecule has 1 aromatic carbocycles. The minimum Gasteiger partial charge on any atom is -0.480 e. The van der Waals surface area contributed by atoms with Gasteiger partial charge in [-0.05, 0) is 44.6 Å². The Kier molecular flexibility index (Phi) is 4.84. The van der Waals surface area contributed by atoms with Crippen LogP contribution in [0, 0.1) is 15.5 Å². The predicted octanol–water partition coefficient (Wildman–Crippen LogP) is 2.66. The van der Waals surface area contributed by atoms with Crippen molar-refractivity contribution in [3.8, 4) is 0 Å². The third kappa shape index (κ3) is 2.90. The number of carboxylic acids is 2. The standard InChI is InChI=1S/C20H25N3O6/c24-18(25)20(19(26)27)12-13-14(22-11-5-2-6-16(20)22)7-8-15(23(28)29)17(13)21-9-3-1-4-10-21/h7-8,16H,1-6,9-12H2,(H,24,25)(H,26,27)/t16-/m1/s1. The summed E-state index contributed by atoms with van der Waals surface area (Å²) in [5.41, 5.74) is -0.440. The number of nitro groups is 1. The van der Waals surface area contributed by atoms with Gasteiger partial charge in [0, 0.05) is 43.4 Å². The number of fused-ring (bicyclic) bond motifs is 3. The van der Waals surface area contributed by atoms with E-state index in [-0.39, 0.29) is 12.1 Å². The van der Waals surface area contributed by atoms with Crippen molar-refractivity contribution in [3.63, 3.8) is 0 Å². The number of piperidine rings is 2. The molecule has 0 aliphatic carbocycles. The van der Waals surface area contributed by atoms with Gasteiger partial charge in [-0.3, -0.25) is 19.7 Å². The Labute approximate surface area is 168 Å². The summed E-state index contributed by atoms with van der Waals surface area (Å²) in [7, 11) is 0. The molecular formula is C20H25N3O6. The smallest absolute Gasteiger partial charge is 0.323 e. The highest BCUT2D eigenvalue weighted by molar-refractivity contribution is 6.02. The molecule has 1 atom stereocenters. The van der Waals surface area contributed by atoms with Gasteiger partial charge >= 0.3 is 11.9 Å². The second-order valence-electron chi connectivity index (χ2n) is 8.20. The largest absolute Gasteiger partial charge is 0.480 e. The maximum atomic E-state index is 12.3. The number of hydrogen-bond acceptors (Lipinski definition) is 6. The Morgan fingerprint density at radius 2 is 1.69 bits per heavy atom. The van der Waals surface area contributed by atoms with Crippen molar-refractivity contribution in [3.05, 3.63) is 27.8 Å². The first-order chi connectivity index (χ1) is 13.9. The quantitative estimate of drug-likeness (QED) is 0.447. The molecule has 0 bridgehead atoms. The average Bonchev–Trinajstić information content (AvgIpc) is 2.72. The topological polar surface area (TPSA) is 124 Å². The minimum absolute atomic E-state index is 0.0780. The van der Waals surface area contributed by atoms with Gasteiger partial charge in [0.1, 0.15) is 5.69 Å². The molecule has 9 nitrogen and oxygen atoms in total. The molecule has 29 heavy (non-hydrogen) atoms. The molecule has 2 saturated heterocycles. The van der Waals surface area contributed by atoms with Crippen LogP contribution in [0.5, 0.6) is 0 Å². The van der Waals surface area contributed by atoms with Crippen molar-refractivity contribution in [2.24, 2.45) is 5.41 Å². The molecule has 2 N–H and O–H groups in total. The molecule has 0 radical (unpaired) electrons. The van der Waals surface area contributed by atoms with Gasteiger partial charge in [0.2, 0.25) is 0 Å². The number of benzene rings is 1. The first kappa shape index (κ1) is 19.5. The normalized spacial score (nSPS) is 23.1. The molecule has 0 saturated carbocycles. The highest BCUT2D eigenvalue weighted by Crippen LogP contribution is 2.51. The summed E-state index contributed by atoms with van der Waals surface area (Å²) in [5, 5.41) is 31.9. The number of anilines is 2. The van der Waals surface area contributed by atoms with Crippen LogP contribution < -0.4 is 9.80 Å². The Hall–Kier alpha value is -2.84. The fourth-order valence-electron chi connectivity index (χ4n) is 5.33. The molecule has 4 rings (SSSR count). The molecular weight excluding hydrogens is 378 g/mol. The maximum Gasteiger partial charge on any atom is 0.323 e. The van der Waals surface area contributed by atoms with E-state index >= 15 is 0 Å². The number of hydrogen-bond donors (Lipinski definition) is 2. The fourth-order valence-corrected chi connectivity index (χ4v) is 5.33.